The predicted octanol–water partition coefficient (Wildman–Crippen LogP) is 3.67. The van der Waals surface area contributed by atoms with Gasteiger partial charge in [-0.3, -0.25) is 20.4 Å². The van der Waals surface area contributed by atoms with Crippen LogP contribution in [0.2, 0.25) is 10.0 Å². The van der Waals surface area contributed by atoms with Gasteiger partial charge < -0.3 is 9.64 Å². The molecule has 10 heteroatoms. The van der Waals surface area contributed by atoms with Crippen LogP contribution in [-0.2, 0) is 9.59 Å². The van der Waals surface area contributed by atoms with Crippen molar-refractivity contribution in [2.24, 2.45) is 5.92 Å². The Morgan fingerprint density at radius 1 is 1.24 bits per heavy atom. The number of aromatic nitrogens is 1. The number of thiazole rings is 1. The molecule has 0 aliphatic carbocycles. The van der Waals surface area contributed by atoms with Crippen LogP contribution in [-0.4, -0.2) is 36.5 Å². The summed E-state index contributed by atoms with van der Waals surface area (Å²) in [6.45, 7) is 1.90. The fourth-order valence-electron chi connectivity index (χ4n) is 3.01. The molecule has 2 N–H and O–H groups in total. The summed E-state index contributed by atoms with van der Waals surface area (Å²) < 4.78 is 5.54. The number of amides is 2. The number of nitrogens with zero attached hydrogens (tertiary/aromatic N) is 2. The SMILES string of the molecule is O=C(CCCOc1ccc(Cl)cc1Cl)NNC(=O)C1CCN(c2nccs2)CC1. The van der Waals surface area contributed by atoms with E-state index in [0.29, 0.717) is 28.8 Å². The van der Waals surface area contributed by atoms with Gasteiger partial charge in [0, 0.05) is 42.0 Å². The van der Waals surface area contributed by atoms with Crippen molar-refractivity contribution in [1.29, 1.82) is 0 Å². The molecule has 0 atom stereocenters. The lowest BCUT2D eigenvalue weighted by Crippen LogP contribution is -2.47. The van der Waals surface area contributed by atoms with Crippen molar-refractivity contribution in [3.05, 3.63) is 39.8 Å². The highest BCUT2D eigenvalue weighted by atomic mass is 35.5. The Kier molecular flexibility index (Phi) is 7.97. The third kappa shape index (κ3) is 6.48. The molecule has 0 bridgehead atoms. The van der Waals surface area contributed by atoms with Gasteiger partial charge in [-0.1, -0.05) is 23.2 Å². The first-order chi connectivity index (χ1) is 14.0. The Morgan fingerprint density at radius 3 is 2.72 bits per heavy atom. The van der Waals surface area contributed by atoms with Crippen LogP contribution < -0.4 is 20.5 Å². The summed E-state index contributed by atoms with van der Waals surface area (Å²) in [5.41, 5.74) is 5.00. The number of carbonyl (C=O) groups excluding carboxylic acids is 2. The van der Waals surface area contributed by atoms with Crippen LogP contribution >= 0.6 is 34.5 Å². The monoisotopic (exact) mass is 456 g/mol. The quantitative estimate of drug-likeness (QED) is 0.490. The van der Waals surface area contributed by atoms with Crippen molar-refractivity contribution >= 4 is 51.5 Å². The first-order valence-corrected chi connectivity index (χ1v) is 11.0. The van der Waals surface area contributed by atoms with Gasteiger partial charge in [0.05, 0.1) is 11.6 Å². The Labute approximate surface area is 183 Å². The van der Waals surface area contributed by atoms with Crippen LogP contribution in [0.3, 0.4) is 0 Å². The molecule has 7 nitrogen and oxygen atoms in total. The van der Waals surface area contributed by atoms with Crippen LogP contribution in [0.1, 0.15) is 25.7 Å². The Balaban J connectivity index is 1.29. The maximum absolute atomic E-state index is 12.3. The number of hydrogen-bond acceptors (Lipinski definition) is 6. The maximum Gasteiger partial charge on any atom is 0.241 e. The number of anilines is 1. The summed E-state index contributed by atoms with van der Waals surface area (Å²) in [5, 5.41) is 3.89. The number of nitrogens with one attached hydrogen (secondary N) is 2. The van der Waals surface area contributed by atoms with Crippen molar-refractivity contribution in [2.75, 3.05) is 24.6 Å². The van der Waals surface area contributed by atoms with Crippen molar-refractivity contribution in [1.82, 2.24) is 15.8 Å². The number of halogens is 2. The van der Waals surface area contributed by atoms with Crippen molar-refractivity contribution < 1.29 is 14.3 Å². The van der Waals surface area contributed by atoms with Crippen LogP contribution in [0, 0.1) is 5.92 Å². The molecule has 1 aromatic carbocycles. The summed E-state index contributed by atoms with van der Waals surface area (Å²) in [5.74, 6) is 0.00136. The second-order valence-corrected chi connectivity index (χ2v) is 8.36. The van der Waals surface area contributed by atoms with Crippen LogP contribution in [0.25, 0.3) is 0 Å². The van der Waals surface area contributed by atoms with Gasteiger partial charge in [-0.2, -0.15) is 0 Å². The Morgan fingerprint density at radius 2 is 2.03 bits per heavy atom. The van der Waals surface area contributed by atoms with Crippen LogP contribution in [0.4, 0.5) is 5.13 Å². The third-order valence-corrected chi connectivity index (χ3v) is 5.94. The third-order valence-electron chi connectivity index (χ3n) is 4.58. The van der Waals surface area contributed by atoms with E-state index in [1.54, 1.807) is 35.7 Å². The molecule has 0 saturated carbocycles. The van der Waals surface area contributed by atoms with Gasteiger partial charge >= 0.3 is 0 Å². The molecule has 0 unspecified atom stereocenters. The molecular weight excluding hydrogens is 435 g/mol. The highest BCUT2D eigenvalue weighted by Gasteiger charge is 2.26. The van der Waals surface area contributed by atoms with E-state index in [1.807, 2.05) is 5.38 Å². The largest absolute Gasteiger partial charge is 0.492 e. The van der Waals surface area contributed by atoms with Crippen molar-refractivity contribution in [2.45, 2.75) is 25.7 Å². The highest BCUT2D eigenvalue weighted by Crippen LogP contribution is 2.27. The molecule has 1 fully saturated rings. The van der Waals surface area contributed by atoms with E-state index in [4.69, 9.17) is 27.9 Å². The second-order valence-electron chi connectivity index (χ2n) is 6.64. The van der Waals surface area contributed by atoms with Crippen LogP contribution in [0.5, 0.6) is 5.75 Å². The minimum Gasteiger partial charge on any atom is -0.492 e. The minimum absolute atomic E-state index is 0.109. The zero-order chi connectivity index (χ0) is 20.6. The zero-order valence-corrected chi connectivity index (χ0v) is 18.0. The summed E-state index contributed by atoms with van der Waals surface area (Å²) in [7, 11) is 0. The van der Waals surface area contributed by atoms with E-state index in [9.17, 15) is 9.59 Å². The molecule has 1 aromatic heterocycles. The van der Waals surface area contributed by atoms with Crippen molar-refractivity contribution in [3.63, 3.8) is 0 Å². The van der Waals surface area contributed by atoms with Gasteiger partial charge in [0.2, 0.25) is 11.8 Å². The Bertz CT molecular complexity index is 827. The van der Waals surface area contributed by atoms with Gasteiger partial charge in [-0.05, 0) is 37.5 Å². The van der Waals surface area contributed by atoms with Gasteiger partial charge in [0.15, 0.2) is 5.13 Å². The Hall–Kier alpha value is -2.03. The number of benzene rings is 1. The fourth-order valence-corrected chi connectivity index (χ4v) is 4.17. The summed E-state index contributed by atoms with van der Waals surface area (Å²) in [6, 6.07) is 4.97. The highest BCUT2D eigenvalue weighted by molar-refractivity contribution is 7.13. The topological polar surface area (TPSA) is 83.6 Å². The molecule has 2 heterocycles. The molecule has 3 rings (SSSR count). The minimum atomic E-state index is -0.260. The standard InChI is InChI=1S/C19H22Cl2N4O3S/c20-14-3-4-16(15(21)12-14)28-10-1-2-17(26)23-24-18(27)13-5-8-25(9-6-13)19-22-7-11-29-19/h3-4,7,11-13H,1-2,5-6,8-10H2,(H,23,26)(H,24,27). The average molecular weight is 457 g/mol. The lowest BCUT2D eigenvalue weighted by atomic mass is 9.96. The smallest absolute Gasteiger partial charge is 0.241 e. The lowest BCUT2D eigenvalue weighted by Gasteiger charge is -2.30. The number of carbonyl (C=O) groups is 2. The van der Waals surface area contributed by atoms with E-state index in [1.165, 1.54) is 0 Å². The van der Waals surface area contributed by atoms with E-state index in [0.717, 1.165) is 31.1 Å². The average Bonchev–Trinajstić information content (AvgIpc) is 3.25. The van der Waals surface area contributed by atoms with Gasteiger partial charge in [-0.15, -0.1) is 11.3 Å². The first kappa shape index (κ1) is 21.7. The molecule has 2 aromatic rings. The number of rotatable bonds is 7. The molecule has 0 radical (unpaired) electrons. The molecule has 0 spiro atoms. The number of ether oxygens (including phenoxy) is 1. The normalized spacial score (nSPS) is 14.5. The molecule has 29 heavy (non-hydrogen) atoms. The summed E-state index contributed by atoms with van der Waals surface area (Å²) in [4.78, 5) is 30.7. The second kappa shape index (κ2) is 10.7. The molecule has 1 aliphatic heterocycles. The van der Waals surface area contributed by atoms with Gasteiger partial charge in [0.1, 0.15) is 5.75 Å². The van der Waals surface area contributed by atoms with E-state index >= 15 is 0 Å². The van der Waals surface area contributed by atoms with Gasteiger partial charge in [0.25, 0.3) is 0 Å². The number of hydrogen-bond donors (Lipinski definition) is 2. The summed E-state index contributed by atoms with van der Waals surface area (Å²) in [6.07, 6.45) is 3.97. The number of hydrazine groups is 1. The first-order valence-electron chi connectivity index (χ1n) is 9.34. The van der Waals surface area contributed by atoms with Crippen LogP contribution in [0.15, 0.2) is 29.8 Å². The van der Waals surface area contributed by atoms with E-state index in [2.05, 4.69) is 20.7 Å². The van der Waals surface area contributed by atoms with Crippen molar-refractivity contribution in [3.8, 4) is 5.75 Å². The fraction of sp³-hybridized carbons (Fsp3) is 0.421. The van der Waals surface area contributed by atoms with Gasteiger partial charge in [-0.25, -0.2) is 4.98 Å². The molecule has 156 valence electrons. The predicted molar refractivity (Wildman–Crippen MR) is 115 cm³/mol. The maximum atomic E-state index is 12.3. The zero-order valence-electron chi connectivity index (χ0n) is 15.7. The molecule has 1 aliphatic rings. The lowest BCUT2D eigenvalue weighted by molar-refractivity contribution is -0.131. The number of piperidine rings is 1. The molecule has 2 amide bonds. The van der Waals surface area contributed by atoms with E-state index < -0.39 is 0 Å². The molecular formula is C19H22Cl2N4O3S. The molecule has 1 saturated heterocycles. The summed E-state index contributed by atoms with van der Waals surface area (Å²) >= 11 is 13.5. The van der Waals surface area contributed by atoms with E-state index in [-0.39, 0.29) is 24.2 Å².